The normalized spacial score (nSPS) is 43.4. The SMILES string of the molecule is CC(=O)OC[C@]12CCC(C(C)C)=C1C1=CC[C@@H]3[C@@]4(C)CC[C@H](OC(C)=O)C(C)(C)[C@@H]4CC[C@@]3(C)[C@]1(C)CC2. The molecule has 0 unspecified atom stereocenters. The molecule has 0 bridgehead atoms. The highest BCUT2D eigenvalue weighted by atomic mass is 16.5. The molecule has 0 aromatic heterocycles. The van der Waals surface area contributed by atoms with Crippen LogP contribution in [0.5, 0.6) is 0 Å². The first-order valence-corrected chi connectivity index (χ1v) is 15.4. The molecule has 3 saturated carbocycles. The topological polar surface area (TPSA) is 52.6 Å². The number of carbonyl (C=O) groups is 2. The van der Waals surface area contributed by atoms with Crippen molar-refractivity contribution in [2.45, 2.75) is 126 Å². The van der Waals surface area contributed by atoms with Crippen LogP contribution in [0.15, 0.2) is 22.8 Å². The standard InChI is InChI=1S/C34H52O4/c1-21(2)24-12-17-34(20-37-22(3)35)19-18-32(8)25(29(24)34)10-11-27-31(7)15-14-28(38-23(4)36)30(5,6)26(31)13-16-33(27,32)9/h10,21,26-28H,11-20H2,1-9H3/t26-,27+,28-,31-,32+,33+,34+/m0/s1. The third-order valence-electron chi connectivity index (χ3n) is 13.1. The number of ether oxygens (including phenoxy) is 2. The molecule has 0 aromatic rings. The monoisotopic (exact) mass is 524 g/mol. The molecule has 0 saturated heterocycles. The second-order valence-corrected chi connectivity index (χ2v) is 15.3. The molecule has 5 rings (SSSR count). The van der Waals surface area contributed by atoms with Gasteiger partial charge in [0.2, 0.25) is 0 Å². The smallest absolute Gasteiger partial charge is 0.302 e. The largest absolute Gasteiger partial charge is 0.465 e. The Bertz CT molecular complexity index is 1080. The summed E-state index contributed by atoms with van der Waals surface area (Å²) in [5, 5.41) is 0. The zero-order chi connectivity index (χ0) is 27.9. The fourth-order valence-electron chi connectivity index (χ4n) is 10.9. The average Bonchev–Trinajstić information content (AvgIpc) is 3.20. The summed E-state index contributed by atoms with van der Waals surface area (Å²) in [7, 11) is 0. The van der Waals surface area contributed by atoms with E-state index in [1.807, 2.05) is 0 Å². The number of hydrogen-bond donors (Lipinski definition) is 0. The number of hydrogen-bond acceptors (Lipinski definition) is 4. The van der Waals surface area contributed by atoms with E-state index in [1.54, 1.807) is 30.6 Å². The number of fused-ring (bicyclic) bond motifs is 7. The molecule has 0 spiro atoms. The Morgan fingerprint density at radius 1 is 0.921 bits per heavy atom. The van der Waals surface area contributed by atoms with Crippen LogP contribution in [-0.2, 0) is 19.1 Å². The summed E-state index contributed by atoms with van der Waals surface area (Å²) in [6.45, 7) is 20.9. The highest BCUT2D eigenvalue weighted by Gasteiger charge is 2.68. The van der Waals surface area contributed by atoms with Crippen LogP contribution < -0.4 is 0 Å². The van der Waals surface area contributed by atoms with Gasteiger partial charge in [-0.25, -0.2) is 0 Å². The minimum Gasteiger partial charge on any atom is -0.465 e. The van der Waals surface area contributed by atoms with E-state index in [0.29, 0.717) is 24.4 Å². The van der Waals surface area contributed by atoms with E-state index in [0.717, 1.165) is 38.5 Å². The number of allylic oxidation sites excluding steroid dienone is 3. The molecule has 5 aliphatic rings. The van der Waals surface area contributed by atoms with Crippen molar-refractivity contribution in [3.05, 3.63) is 22.8 Å². The summed E-state index contributed by atoms with van der Waals surface area (Å²) in [5.41, 5.74) is 5.34. The molecular weight excluding hydrogens is 472 g/mol. The van der Waals surface area contributed by atoms with Gasteiger partial charge in [-0.2, -0.15) is 0 Å². The maximum Gasteiger partial charge on any atom is 0.302 e. The van der Waals surface area contributed by atoms with Crippen molar-refractivity contribution in [1.29, 1.82) is 0 Å². The summed E-state index contributed by atoms with van der Waals surface area (Å²) in [4.78, 5) is 23.8. The second-order valence-electron chi connectivity index (χ2n) is 15.3. The van der Waals surface area contributed by atoms with Crippen molar-refractivity contribution in [2.75, 3.05) is 6.61 Å². The molecule has 0 amide bonds. The van der Waals surface area contributed by atoms with E-state index in [-0.39, 0.29) is 45.1 Å². The van der Waals surface area contributed by atoms with Crippen LogP contribution in [0, 0.1) is 44.8 Å². The van der Waals surface area contributed by atoms with E-state index < -0.39 is 0 Å². The maximum absolute atomic E-state index is 11.9. The van der Waals surface area contributed by atoms with Crippen molar-refractivity contribution in [2.24, 2.45) is 44.8 Å². The van der Waals surface area contributed by atoms with Gasteiger partial charge in [-0.05, 0) is 103 Å². The van der Waals surface area contributed by atoms with E-state index in [1.165, 1.54) is 19.3 Å². The average molecular weight is 525 g/mol. The summed E-state index contributed by atoms with van der Waals surface area (Å²) >= 11 is 0. The van der Waals surface area contributed by atoms with E-state index in [4.69, 9.17) is 9.47 Å². The van der Waals surface area contributed by atoms with Gasteiger partial charge < -0.3 is 9.47 Å². The zero-order valence-electron chi connectivity index (χ0n) is 25.6. The summed E-state index contributed by atoms with van der Waals surface area (Å²) < 4.78 is 11.7. The van der Waals surface area contributed by atoms with Crippen LogP contribution in [0.1, 0.15) is 120 Å². The van der Waals surface area contributed by atoms with E-state index >= 15 is 0 Å². The lowest BCUT2D eigenvalue weighted by Crippen LogP contribution is -2.64. The molecule has 5 aliphatic carbocycles. The third-order valence-corrected chi connectivity index (χ3v) is 13.1. The summed E-state index contributed by atoms with van der Waals surface area (Å²) in [6.07, 6.45) is 12.8. The van der Waals surface area contributed by atoms with Crippen LogP contribution in [0.2, 0.25) is 0 Å². The lowest BCUT2D eigenvalue weighted by Gasteiger charge is -2.70. The van der Waals surface area contributed by atoms with Crippen molar-refractivity contribution < 1.29 is 19.1 Å². The Balaban J connectivity index is 1.57. The second kappa shape index (κ2) is 8.96. The van der Waals surface area contributed by atoms with Crippen LogP contribution in [0.3, 0.4) is 0 Å². The number of rotatable bonds is 4. The van der Waals surface area contributed by atoms with Gasteiger partial charge >= 0.3 is 11.9 Å². The Hall–Kier alpha value is -1.58. The molecule has 0 radical (unpaired) electrons. The maximum atomic E-state index is 11.9. The van der Waals surface area contributed by atoms with Gasteiger partial charge in [0, 0.05) is 24.7 Å². The van der Waals surface area contributed by atoms with Crippen molar-refractivity contribution >= 4 is 11.9 Å². The fraction of sp³-hybridized carbons (Fsp3) is 0.824. The molecule has 38 heavy (non-hydrogen) atoms. The predicted octanol–water partition coefficient (Wildman–Crippen LogP) is 8.20. The van der Waals surface area contributed by atoms with Gasteiger partial charge in [-0.3, -0.25) is 9.59 Å². The van der Waals surface area contributed by atoms with E-state index in [9.17, 15) is 9.59 Å². The predicted molar refractivity (Wildman–Crippen MR) is 151 cm³/mol. The molecule has 0 N–H and O–H groups in total. The number of esters is 2. The lowest BCUT2D eigenvalue weighted by atomic mass is 9.35. The molecule has 212 valence electrons. The molecule has 4 heteroatoms. The third kappa shape index (κ3) is 3.74. The quantitative estimate of drug-likeness (QED) is 0.348. The van der Waals surface area contributed by atoms with Gasteiger partial charge in [-0.15, -0.1) is 0 Å². The van der Waals surface area contributed by atoms with Crippen molar-refractivity contribution in [3.8, 4) is 0 Å². The first kappa shape index (κ1) is 28.0. The molecule has 4 nitrogen and oxygen atoms in total. The Morgan fingerprint density at radius 2 is 1.63 bits per heavy atom. The van der Waals surface area contributed by atoms with Gasteiger partial charge in [0.15, 0.2) is 0 Å². The van der Waals surface area contributed by atoms with Crippen molar-refractivity contribution in [1.82, 2.24) is 0 Å². The molecule has 0 aromatic carbocycles. The Morgan fingerprint density at radius 3 is 2.26 bits per heavy atom. The highest BCUT2D eigenvalue weighted by molar-refractivity contribution is 5.66. The van der Waals surface area contributed by atoms with Crippen LogP contribution in [0.25, 0.3) is 0 Å². The lowest BCUT2D eigenvalue weighted by molar-refractivity contribution is -0.207. The molecule has 3 fully saturated rings. The molecular formula is C34H52O4. The molecule has 7 atom stereocenters. The van der Waals surface area contributed by atoms with Gasteiger partial charge in [0.25, 0.3) is 0 Å². The Labute approximate surface area is 231 Å². The minimum absolute atomic E-state index is 0.00893. The van der Waals surface area contributed by atoms with Crippen LogP contribution in [-0.4, -0.2) is 24.6 Å². The minimum atomic E-state index is -0.159. The van der Waals surface area contributed by atoms with E-state index in [2.05, 4.69) is 54.5 Å². The highest BCUT2D eigenvalue weighted by Crippen LogP contribution is 2.75. The van der Waals surface area contributed by atoms with Gasteiger partial charge in [0.05, 0.1) is 0 Å². The van der Waals surface area contributed by atoms with Crippen LogP contribution >= 0.6 is 0 Å². The van der Waals surface area contributed by atoms with Gasteiger partial charge in [0.1, 0.15) is 12.7 Å². The fourth-order valence-corrected chi connectivity index (χ4v) is 10.9. The van der Waals surface area contributed by atoms with Crippen molar-refractivity contribution in [3.63, 3.8) is 0 Å². The molecule has 0 aliphatic heterocycles. The zero-order valence-corrected chi connectivity index (χ0v) is 25.6. The van der Waals surface area contributed by atoms with Gasteiger partial charge in [-0.1, -0.05) is 60.1 Å². The molecule has 0 heterocycles. The Kier molecular flexibility index (Phi) is 6.60. The first-order chi connectivity index (χ1) is 17.6. The number of carbonyl (C=O) groups excluding carboxylic acids is 2. The first-order valence-electron chi connectivity index (χ1n) is 15.4. The summed E-state index contributed by atoms with van der Waals surface area (Å²) in [5.74, 6) is 1.38. The van der Waals surface area contributed by atoms with Crippen LogP contribution in [0.4, 0.5) is 0 Å². The summed E-state index contributed by atoms with van der Waals surface area (Å²) in [6, 6.07) is 0.